The molecule has 2 aromatic rings. The summed E-state index contributed by atoms with van der Waals surface area (Å²) in [6, 6.07) is 14.6. The Morgan fingerprint density at radius 1 is 1.24 bits per heavy atom. The first-order chi connectivity index (χ1) is 12.1. The summed E-state index contributed by atoms with van der Waals surface area (Å²) < 4.78 is 10.9. The molecule has 0 amide bonds. The van der Waals surface area contributed by atoms with Crippen LogP contribution in [-0.2, 0) is 6.61 Å². The van der Waals surface area contributed by atoms with Crippen LogP contribution in [0.2, 0.25) is 0 Å². The lowest BCUT2D eigenvalue weighted by Gasteiger charge is -2.11. The van der Waals surface area contributed by atoms with Gasteiger partial charge < -0.3 is 9.47 Å². The summed E-state index contributed by atoms with van der Waals surface area (Å²) in [5, 5.41) is 28.5. The predicted octanol–water partition coefficient (Wildman–Crippen LogP) is 3.61. The van der Waals surface area contributed by atoms with E-state index in [0.717, 1.165) is 0 Å². The number of nitrogens with zero attached hydrogens (tertiary/aromatic N) is 3. The fourth-order valence-corrected chi connectivity index (χ4v) is 2.11. The minimum absolute atomic E-state index is 0.0179. The smallest absolute Gasteiger partial charge is 0.273 e. The van der Waals surface area contributed by atoms with Gasteiger partial charge in [0.1, 0.15) is 35.8 Å². The maximum absolute atomic E-state index is 10.8. The van der Waals surface area contributed by atoms with Crippen molar-refractivity contribution in [2.24, 2.45) is 0 Å². The third-order valence-corrected chi connectivity index (χ3v) is 3.28. The van der Waals surface area contributed by atoms with Crippen LogP contribution in [0.5, 0.6) is 11.5 Å². The minimum atomic E-state index is -0.496. The average Bonchev–Trinajstić information content (AvgIpc) is 2.64. The van der Waals surface area contributed by atoms with E-state index in [1.807, 2.05) is 0 Å². The van der Waals surface area contributed by atoms with Crippen LogP contribution >= 0.6 is 0 Å². The maximum atomic E-state index is 10.8. The zero-order chi connectivity index (χ0) is 18.2. The van der Waals surface area contributed by atoms with Gasteiger partial charge in [0.25, 0.3) is 5.69 Å². The Morgan fingerprint density at radius 3 is 2.64 bits per heavy atom. The molecule has 0 aromatic heterocycles. The summed E-state index contributed by atoms with van der Waals surface area (Å²) in [7, 11) is 1.51. The van der Waals surface area contributed by atoms with Crippen LogP contribution < -0.4 is 9.47 Å². The summed E-state index contributed by atoms with van der Waals surface area (Å²) in [4.78, 5) is 10.3. The van der Waals surface area contributed by atoms with E-state index in [0.29, 0.717) is 22.6 Å². The lowest BCUT2D eigenvalue weighted by atomic mass is 10.1. The number of nitriles is 2. The molecule has 0 spiro atoms. The highest BCUT2D eigenvalue weighted by atomic mass is 16.6. The maximum Gasteiger partial charge on any atom is 0.273 e. The van der Waals surface area contributed by atoms with E-state index >= 15 is 0 Å². The van der Waals surface area contributed by atoms with E-state index in [2.05, 4.69) is 0 Å². The van der Waals surface area contributed by atoms with Crippen molar-refractivity contribution in [3.63, 3.8) is 0 Å². The lowest BCUT2D eigenvalue weighted by Crippen LogP contribution is -2.00. The fraction of sp³-hybridized carbons (Fsp3) is 0.111. The molecule has 0 aliphatic carbocycles. The van der Waals surface area contributed by atoms with Crippen molar-refractivity contribution in [1.82, 2.24) is 0 Å². The number of benzene rings is 2. The van der Waals surface area contributed by atoms with Crippen molar-refractivity contribution < 1.29 is 14.4 Å². The molecule has 25 heavy (non-hydrogen) atoms. The standard InChI is InChI=1S/C18H13N3O4/c1-24-18-6-5-13(7-14(10-19)11-20)8-15(18)12-25-17-4-2-3-16(9-17)21(22)23/h2-9H,12H2,1H3. The van der Waals surface area contributed by atoms with E-state index < -0.39 is 4.92 Å². The minimum Gasteiger partial charge on any atom is -0.496 e. The van der Waals surface area contributed by atoms with Gasteiger partial charge in [-0.1, -0.05) is 12.1 Å². The molecule has 0 aliphatic heterocycles. The fourth-order valence-electron chi connectivity index (χ4n) is 2.11. The first-order valence-corrected chi connectivity index (χ1v) is 7.13. The van der Waals surface area contributed by atoms with Gasteiger partial charge in [-0.15, -0.1) is 0 Å². The quantitative estimate of drug-likeness (QED) is 0.453. The first-order valence-electron chi connectivity index (χ1n) is 7.13. The molecule has 2 rings (SSSR count). The third kappa shape index (κ3) is 4.57. The van der Waals surface area contributed by atoms with E-state index in [1.165, 1.54) is 31.4 Å². The van der Waals surface area contributed by atoms with E-state index in [4.69, 9.17) is 20.0 Å². The zero-order valence-corrected chi connectivity index (χ0v) is 13.3. The molecule has 7 nitrogen and oxygen atoms in total. The van der Waals surface area contributed by atoms with Crippen LogP contribution in [0.4, 0.5) is 5.69 Å². The average molecular weight is 335 g/mol. The van der Waals surface area contributed by atoms with Gasteiger partial charge in [-0.05, 0) is 29.8 Å². The Morgan fingerprint density at radius 2 is 2.00 bits per heavy atom. The van der Waals surface area contributed by atoms with Crippen LogP contribution in [0, 0.1) is 32.8 Å². The highest BCUT2D eigenvalue weighted by molar-refractivity contribution is 5.63. The Hall–Kier alpha value is -3.84. The second-order valence-electron chi connectivity index (χ2n) is 4.90. The summed E-state index contributed by atoms with van der Waals surface area (Å²) in [5.74, 6) is 0.921. The molecule has 0 fully saturated rings. The number of hydrogen-bond acceptors (Lipinski definition) is 6. The van der Waals surface area contributed by atoms with Crippen LogP contribution in [0.1, 0.15) is 11.1 Å². The molecule has 0 radical (unpaired) electrons. The number of ether oxygens (including phenoxy) is 2. The Balaban J connectivity index is 2.25. The van der Waals surface area contributed by atoms with Gasteiger partial charge in [-0.3, -0.25) is 10.1 Å². The third-order valence-electron chi connectivity index (χ3n) is 3.28. The number of hydrogen-bond donors (Lipinski definition) is 0. The molecule has 7 heteroatoms. The highest BCUT2D eigenvalue weighted by Gasteiger charge is 2.09. The summed E-state index contributed by atoms with van der Waals surface area (Å²) in [6.45, 7) is 0.112. The molecular formula is C18H13N3O4. The molecule has 0 saturated heterocycles. The second-order valence-corrected chi connectivity index (χ2v) is 4.90. The Kier molecular flexibility index (Phi) is 5.70. The van der Waals surface area contributed by atoms with Crippen LogP contribution in [0.15, 0.2) is 48.0 Å². The number of methoxy groups -OCH3 is 1. The molecule has 0 saturated carbocycles. The topological polar surface area (TPSA) is 109 Å². The van der Waals surface area contributed by atoms with Gasteiger partial charge in [0.05, 0.1) is 18.1 Å². The number of nitro benzene ring substituents is 1. The summed E-state index contributed by atoms with van der Waals surface area (Å²) in [6.07, 6.45) is 1.45. The molecule has 0 unspecified atom stereocenters. The van der Waals surface area contributed by atoms with Crippen molar-refractivity contribution in [2.75, 3.05) is 7.11 Å². The Bertz CT molecular complexity index is 891. The molecular weight excluding hydrogens is 322 g/mol. The largest absolute Gasteiger partial charge is 0.496 e. The first kappa shape index (κ1) is 17.5. The van der Waals surface area contributed by atoms with Crippen LogP contribution in [-0.4, -0.2) is 12.0 Å². The zero-order valence-electron chi connectivity index (χ0n) is 13.3. The second kappa shape index (κ2) is 8.14. The lowest BCUT2D eigenvalue weighted by molar-refractivity contribution is -0.384. The molecule has 0 atom stereocenters. The van der Waals surface area contributed by atoms with Gasteiger partial charge in [0.2, 0.25) is 0 Å². The number of nitro groups is 1. The molecule has 124 valence electrons. The molecule has 0 heterocycles. The van der Waals surface area contributed by atoms with Gasteiger partial charge in [-0.25, -0.2) is 0 Å². The summed E-state index contributed by atoms with van der Waals surface area (Å²) >= 11 is 0. The van der Waals surface area contributed by atoms with Crippen molar-refractivity contribution in [3.05, 3.63) is 69.3 Å². The number of allylic oxidation sites excluding steroid dienone is 1. The van der Waals surface area contributed by atoms with Crippen LogP contribution in [0.25, 0.3) is 6.08 Å². The van der Waals surface area contributed by atoms with Crippen molar-refractivity contribution in [3.8, 4) is 23.6 Å². The summed E-state index contributed by atoms with van der Waals surface area (Å²) in [5.41, 5.74) is 1.25. The predicted molar refractivity (Wildman–Crippen MR) is 89.6 cm³/mol. The SMILES string of the molecule is COc1ccc(C=C(C#N)C#N)cc1COc1cccc([N+](=O)[O-])c1. The van der Waals surface area contributed by atoms with Gasteiger partial charge >= 0.3 is 0 Å². The Labute approximate surface area is 144 Å². The van der Waals surface area contributed by atoms with Gasteiger partial charge in [0, 0.05) is 11.6 Å². The van der Waals surface area contributed by atoms with Crippen molar-refractivity contribution in [1.29, 1.82) is 10.5 Å². The van der Waals surface area contributed by atoms with E-state index in [1.54, 1.807) is 36.4 Å². The number of non-ortho nitro benzene ring substituents is 1. The van der Waals surface area contributed by atoms with Crippen molar-refractivity contribution >= 4 is 11.8 Å². The molecule has 0 aliphatic rings. The highest BCUT2D eigenvalue weighted by Crippen LogP contribution is 2.25. The van der Waals surface area contributed by atoms with Crippen LogP contribution in [0.3, 0.4) is 0 Å². The van der Waals surface area contributed by atoms with Crippen molar-refractivity contribution in [2.45, 2.75) is 6.61 Å². The molecule has 2 aromatic carbocycles. The monoisotopic (exact) mass is 335 g/mol. The van der Waals surface area contributed by atoms with Gasteiger partial charge in [0.15, 0.2) is 0 Å². The molecule has 0 bridgehead atoms. The van der Waals surface area contributed by atoms with Gasteiger partial charge in [-0.2, -0.15) is 10.5 Å². The van der Waals surface area contributed by atoms with E-state index in [-0.39, 0.29) is 17.9 Å². The number of rotatable bonds is 6. The molecule has 0 N–H and O–H groups in total. The van der Waals surface area contributed by atoms with E-state index in [9.17, 15) is 10.1 Å². The normalized spacial score (nSPS) is 9.40.